The van der Waals surface area contributed by atoms with E-state index >= 15 is 0 Å². The minimum absolute atomic E-state index is 0.0849. The van der Waals surface area contributed by atoms with Gasteiger partial charge < -0.3 is 14.4 Å². The first-order valence-electron chi connectivity index (χ1n) is 9.22. The first kappa shape index (κ1) is 17.2. The van der Waals surface area contributed by atoms with Gasteiger partial charge in [0.05, 0.1) is 30.9 Å². The van der Waals surface area contributed by atoms with Crippen LogP contribution in [0.15, 0.2) is 49.2 Å². The first-order chi connectivity index (χ1) is 12.8. The minimum Gasteiger partial charge on any atom is -0.377 e. The number of carbonyl (C=O) groups excluding carboxylic acids is 1. The Balaban J connectivity index is 1.50. The molecular formula is C21H24N2O3. The van der Waals surface area contributed by atoms with Crippen LogP contribution >= 0.6 is 0 Å². The molecule has 5 heteroatoms. The Kier molecular flexibility index (Phi) is 5.00. The lowest BCUT2D eigenvalue weighted by Gasteiger charge is -2.37. The van der Waals surface area contributed by atoms with E-state index in [-0.39, 0.29) is 18.1 Å². The summed E-state index contributed by atoms with van der Waals surface area (Å²) >= 11 is 0. The fraction of sp³-hybridized carbons (Fsp3) is 0.429. The van der Waals surface area contributed by atoms with Crippen LogP contribution in [0.5, 0.6) is 0 Å². The Morgan fingerprint density at radius 1 is 1.38 bits per heavy atom. The molecule has 0 radical (unpaired) electrons. The van der Waals surface area contributed by atoms with Crippen LogP contribution in [-0.4, -0.2) is 54.3 Å². The van der Waals surface area contributed by atoms with Crippen LogP contribution in [0.2, 0.25) is 0 Å². The van der Waals surface area contributed by atoms with Gasteiger partial charge in [-0.25, -0.2) is 0 Å². The third kappa shape index (κ3) is 3.37. The second-order valence-corrected chi connectivity index (χ2v) is 7.05. The molecule has 2 heterocycles. The third-order valence-corrected chi connectivity index (χ3v) is 5.33. The number of hydrogen-bond acceptors (Lipinski definition) is 4. The van der Waals surface area contributed by atoms with Gasteiger partial charge in [-0.1, -0.05) is 12.1 Å². The van der Waals surface area contributed by atoms with Crippen LogP contribution in [0, 0.1) is 5.92 Å². The molecule has 1 aliphatic carbocycles. The maximum atomic E-state index is 13.2. The van der Waals surface area contributed by atoms with Gasteiger partial charge in [0.25, 0.3) is 5.91 Å². The summed E-state index contributed by atoms with van der Waals surface area (Å²) < 4.78 is 11.6. The highest BCUT2D eigenvalue weighted by Crippen LogP contribution is 2.35. The number of rotatable bonds is 5. The van der Waals surface area contributed by atoms with Crippen molar-refractivity contribution in [2.75, 3.05) is 26.4 Å². The standard InChI is InChI=1S/C21H24N2O3/c1-2-9-25-14-15-11-19-20(12-15)26-10-8-23(19)21(24)17-5-6-18-16(13-17)4-3-7-22-18/h2-7,13,15,19-20H,1,8-12,14H2/t15-,19+,20-/m0/s1. The largest absolute Gasteiger partial charge is 0.377 e. The van der Waals surface area contributed by atoms with E-state index < -0.39 is 0 Å². The van der Waals surface area contributed by atoms with Crippen LogP contribution < -0.4 is 0 Å². The Morgan fingerprint density at radius 3 is 3.19 bits per heavy atom. The monoisotopic (exact) mass is 352 g/mol. The quantitative estimate of drug-likeness (QED) is 0.613. The molecule has 1 saturated carbocycles. The van der Waals surface area contributed by atoms with Crippen molar-refractivity contribution in [1.82, 2.24) is 9.88 Å². The molecule has 0 spiro atoms. The average Bonchev–Trinajstić information content (AvgIpc) is 3.10. The number of ether oxygens (including phenoxy) is 2. The van der Waals surface area contributed by atoms with Crippen LogP contribution in [0.1, 0.15) is 23.2 Å². The fourth-order valence-electron chi connectivity index (χ4n) is 4.13. The molecule has 2 aliphatic rings. The van der Waals surface area contributed by atoms with Gasteiger partial charge in [-0.05, 0) is 43.0 Å². The highest BCUT2D eigenvalue weighted by atomic mass is 16.5. The minimum atomic E-state index is 0.0849. The van der Waals surface area contributed by atoms with Gasteiger partial charge in [0, 0.05) is 30.3 Å². The van der Waals surface area contributed by atoms with Gasteiger partial charge >= 0.3 is 0 Å². The van der Waals surface area contributed by atoms with Crippen molar-refractivity contribution >= 4 is 16.8 Å². The highest BCUT2D eigenvalue weighted by molar-refractivity contribution is 5.98. The molecule has 0 bridgehead atoms. The van der Waals surface area contributed by atoms with E-state index in [9.17, 15) is 4.79 Å². The third-order valence-electron chi connectivity index (χ3n) is 5.33. The lowest BCUT2D eigenvalue weighted by atomic mass is 10.1. The van der Waals surface area contributed by atoms with Gasteiger partial charge in [0.1, 0.15) is 0 Å². The number of morpholine rings is 1. The zero-order valence-electron chi connectivity index (χ0n) is 14.8. The van der Waals surface area contributed by atoms with Crippen LogP contribution in [-0.2, 0) is 9.47 Å². The molecule has 1 saturated heterocycles. The predicted molar refractivity (Wildman–Crippen MR) is 100 cm³/mol. The molecule has 2 fully saturated rings. The second-order valence-electron chi connectivity index (χ2n) is 7.05. The molecule has 4 rings (SSSR count). The number of amides is 1. The molecule has 1 aromatic heterocycles. The molecule has 0 N–H and O–H groups in total. The second kappa shape index (κ2) is 7.56. The van der Waals surface area contributed by atoms with Crippen molar-refractivity contribution < 1.29 is 14.3 Å². The zero-order chi connectivity index (χ0) is 17.9. The number of carbonyl (C=O) groups is 1. The number of aromatic nitrogens is 1. The van der Waals surface area contributed by atoms with Gasteiger partial charge in [-0.2, -0.15) is 0 Å². The number of fused-ring (bicyclic) bond motifs is 2. The predicted octanol–water partition coefficient (Wildman–Crippen LogP) is 3.06. The Labute approximate surface area is 153 Å². The molecular weight excluding hydrogens is 328 g/mol. The SMILES string of the molecule is C=CCOC[C@@H]1C[C@@H]2OCCN(C(=O)c3ccc4ncccc4c3)[C@@H]2C1. The maximum Gasteiger partial charge on any atom is 0.254 e. The normalized spacial score (nSPS) is 25.2. The summed E-state index contributed by atoms with van der Waals surface area (Å²) in [6.45, 7) is 6.19. The van der Waals surface area contributed by atoms with E-state index in [0.717, 1.165) is 29.3 Å². The van der Waals surface area contributed by atoms with Gasteiger partial charge in [0.15, 0.2) is 0 Å². The van der Waals surface area contributed by atoms with Crippen molar-refractivity contribution in [2.45, 2.75) is 25.0 Å². The zero-order valence-corrected chi connectivity index (χ0v) is 14.8. The highest BCUT2D eigenvalue weighted by Gasteiger charge is 2.43. The molecule has 26 heavy (non-hydrogen) atoms. The lowest BCUT2D eigenvalue weighted by molar-refractivity contribution is -0.0449. The van der Waals surface area contributed by atoms with E-state index in [1.54, 1.807) is 12.3 Å². The summed E-state index contributed by atoms with van der Waals surface area (Å²) in [5, 5.41) is 0.991. The summed E-state index contributed by atoms with van der Waals surface area (Å²) in [7, 11) is 0. The first-order valence-corrected chi connectivity index (χ1v) is 9.22. The molecule has 1 aromatic carbocycles. The average molecular weight is 352 g/mol. The topological polar surface area (TPSA) is 51.7 Å². The van der Waals surface area contributed by atoms with Crippen molar-refractivity contribution in [3.8, 4) is 0 Å². The van der Waals surface area contributed by atoms with E-state index in [4.69, 9.17) is 9.47 Å². The van der Waals surface area contributed by atoms with E-state index in [1.807, 2.05) is 35.2 Å². The number of nitrogens with zero attached hydrogens (tertiary/aromatic N) is 2. The molecule has 2 aromatic rings. The fourth-order valence-corrected chi connectivity index (χ4v) is 4.13. The van der Waals surface area contributed by atoms with Crippen molar-refractivity contribution in [1.29, 1.82) is 0 Å². The number of benzene rings is 1. The molecule has 1 aliphatic heterocycles. The summed E-state index contributed by atoms with van der Waals surface area (Å²) in [6.07, 6.45) is 5.54. The summed E-state index contributed by atoms with van der Waals surface area (Å²) in [6, 6.07) is 9.76. The number of pyridine rings is 1. The van der Waals surface area contributed by atoms with Crippen molar-refractivity contribution in [3.05, 3.63) is 54.7 Å². The van der Waals surface area contributed by atoms with Crippen LogP contribution in [0.3, 0.4) is 0 Å². The van der Waals surface area contributed by atoms with Crippen molar-refractivity contribution in [3.63, 3.8) is 0 Å². The van der Waals surface area contributed by atoms with Gasteiger partial charge in [0.2, 0.25) is 0 Å². The molecule has 1 amide bonds. The smallest absolute Gasteiger partial charge is 0.254 e. The van der Waals surface area contributed by atoms with Crippen molar-refractivity contribution in [2.24, 2.45) is 5.92 Å². The Bertz CT molecular complexity index is 807. The summed E-state index contributed by atoms with van der Waals surface area (Å²) in [5.41, 5.74) is 1.63. The van der Waals surface area contributed by atoms with E-state index in [2.05, 4.69) is 11.6 Å². The number of hydrogen-bond donors (Lipinski definition) is 0. The maximum absolute atomic E-state index is 13.2. The Hall–Kier alpha value is -2.24. The van der Waals surface area contributed by atoms with E-state index in [0.29, 0.717) is 32.3 Å². The molecule has 5 nitrogen and oxygen atoms in total. The summed E-state index contributed by atoms with van der Waals surface area (Å²) in [4.78, 5) is 19.5. The lowest BCUT2D eigenvalue weighted by Crippen LogP contribution is -2.51. The summed E-state index contributed by atoms with van der Waals surface area (Å²) in [5.74, 6) is 0.515. The molecule has 0 unspecified atom stereocenters. The molecule has 136 valence electrons. The van der Waals surface area contributed by atoms with Gasteiger partial charge in [-0.3, -0.25) is 9.78 Å². The van der Waals surface area contributed by atoms with Crippen LogP contribution in [0.4, 0.5) is 0 Å². The van der Waals surface area contributed by atoms with E-state index in [1.165, 1.54) is 0 Å². The Morgan fingerprint density at radius 2 is 2.31 bits per heavy atom. The molecule has 3 atom stereocenters. The van der Waals surface area contributed by atoms with Gasteiger partial charge in [-0.15, -0.1) is 6.58 Å². The van der Waals surface area contributed by atoms with Crippen LogP contribution in [0.25, 0.3) is 10.9 Å².